The van der Waals surface area contributed by atoms with Crippen LogP contribution in [0.4, 0.5) is 5.69 Å². The number of nitro groups is 1. The average molecular weight is 381 g/mol. The molecule has 0 aliphatic carbocycles. The number of aromatic nitrogens is 3. The van der Waals surface area contributed by atoms with Crippen molar-refractivity contribution in [3.63, 3.8) is 0 Å². The second-order valence-corrected chi connectivity index (χ2v) is 6.81. The van der Waals surface area contributed by atoms with Gasteiger partial charge in [0, 0.05) is 17.9 Å². The summed E-state index contributed by atoms with van der Waals surface area (Å²) in [5.41, 5.74) is 1.68. The predicted octanol–water partition coefficient (Wildman–Crippen LogP) is 3.68. The summed E-state index contributed by atoms with van der Waals surface area (Å²) in [5, 5.41) is 24.6. The molecule has 9 heteroatoms. The number of benzene rings is 2. The Morgan fingerprint density at radius 1 is 1.15 bits per heavy atom. The molecule has 0 bridgehead atoms. The van der Waals surface area contributed by atoms with Crippen molar-refractivity contribution in [2.24, 2.45) is 5.10 Å². The first-order valence-electron chi connectivity index (χ1n) is 8.24. The number of hydrogen-bond acceptors (Lipinski definition) is 7. The van der Waals surface area contributed by atoms with E-state index in [1.165, 1.54) is 23.9 Å². The standard InChI is InChI=1S/C18H15N5O3S/c1-12(26-15-5-3-2-4-6-15)17-19-20-18-22(17)21-16(11-27-18)13-7-9-14(10-8-13)23(24)25/h2-10,12H,11H2,1H3/t12-/m1/s1. The highest BCUT2D eigenvalue weighted by atomic mass is 32.2. The smallest absolute Gasteiger partial charge is 0.269 e. The molecule has 1 atom stereocenters. The number of nitrogens with zero attached hydrogens (tertiary/aromatic N) is 5. The highest BCUT2D eigenvalue weighted by molar-refractivity contribution is 7.99. The van der Waals surface area contributed by atoms with Crippen molar-refractivity contribution in [1.82, 2.24) is 14.9 Å². The molecule has 136 valence electrons. The Balaban J connectivity index is 1.61. The summed E-state index contributed by atoms with van der Waals surface area (Å²) in [4.78, 5) is 10.4. The molecule has 8 nitrogen and oxygen atoms in total. The van der Waals surface area contributed by atoms with E-state index < -0.39 is 4.92 Å². The number of hydrogen-bond donors (Lipinski definition) is 0. The lowest BCUT2D eigenvalue weighted by Gasteiger charge is -2.17. The van der Waals surface area contributed by atoms with E-state index in [1.54, 1.807) is 16.8 Å². The van der Waals surface area contributed by atoms with Gasteiger partial charge in [-0.15, -0.1) is 10.2 Å². The molecule has 1 aliphatic heterocycles. The number of rotatable bonds is 5. The lowest BCUT2D eigenvalue weighted by Crippen LogP contribution is -2.17. The number of nitro benzene ring substituents is 1. The van der Waals surface area contributed by atoms with Gasteiger partial charge in [-0.05, 0) is 36.8 Å². The maximum atomic E-state index is 10.8. The van der Waals surface area contributed by atoms with Crippen molar-refractivity contribution in [2.75, 3.05) is 5.75 Å². The maximum absolute atomic E-state index is 10.8. The summed E-state index contributed by atoms with van der Waals surface area (Å²) in [6.07, 6.45) is -0.339. The fourth-order valence-corrected chi connectivity index (χ4v) is 3.51. The van der Waals surface area contributed by atoms with Crippen LogP contribution in [0.1, 0.15) is 24.4 Å². The van der Waals surface area contributed by atoms with Crippen LogP contribution in [-0.2, 0) is 0 Å². The molecular weight excluding hydrogens is 366 g/mol. The van der Waals surface area contributed by atoms with Crippen LogP contribution in [0.5, 0.6) is 5.75 Å². The van der Waals surface area contributed by atoms with Gasteiger partial charge in [0.2, 0.25) is 5.16 Å². The third kappa shape index (κ3) is 3.54. The van der Waals surface area contributed by atoms with Gasteiger partial charge in [-0.1, -0.05) is 30.0 Å². The molecule has 0 N–H and O–H groups in total. The first kappa shape index (κ1) is 17.2. The highest BCUT2D eigenvalue weighted by Gasteiger charge is 2.24. The molecule has 0 spiro atoms. The van der Waals surface area contributed by atoms with Crippen molar-refractivity contribution in [1.29, 1.82) is 0 Å². The van der Waals surface area contributed by atoms with Crippen molar-refractivity contribution >= 4 is 23.2 Å². The van der Waals surface area contributed by atoms with E-state index in [-0.39, 0.29) is 11.8 Å². The van der Waals surface area contributed by atoms with Crippen LogP contribution in [0.25, 0.3) is 0 Å². The number of para-hydroxylation sites is 1. The molecule has 2 heterocycles. The molecule has 3 aromatic rings. The largest absolute Gasteiger partial charge is 0.483 e. The van der Waals surface area contributed by atoms with Gasteiger partial charge >= 0.3 is 0 Å². The van der Waals surface area contributed by atoms with Gasteiger partial charge in [-0.25, -0.2) is 0 Å². The molecule has 0 saturated carbocycles. The van der Waals surface area contributed by atoms with E-state index in [9.17, 15) is 10.1 Å². The van der Waals surface area contributed by atoms with Crippen LogP contribution < -0.4 is 4.74 Å². The molecule has 0 radical (unpaired) electrons. The van der Waals surface area contributed by atoms with Crippen LogP contribution in [0.2, 0.25) is 0 Å². The van der Waals surface area contributed by atoms with Crippen molar-refractivity contribution in [3.8, 4) is 5.75 Å². The predicted molar refractivity (Wildman–Crippen MR) is 101 cm³/mol. The van der Waals surface area contributed by atoms with Crippen LogP contribution in [-0.4, -0.2) is 31.3 Å². The van der Waals surface area contributed by atoms with E-state index in [4.69, 9.17) is 4.74 Å². The lowest BCUT2D eigenvalue weighted by atomic mass is 10.1. The monoisotopic (exact) mass is 381 g/mol. The Kier molecular flexibility index (Phi) is 4.59. The Hall–Kier alpha value is -3.20. The van der Waals surface area contributed by atoms with E-state index >= 15 is 0 Å². The van der Waals surface area contributed by atoms with Gasteiger partial charge in [0.1, 0.15) is 5.75 Å². The number of thioether (sulfide) groups is 1. The Labute approximate surface area is 159 Å². The van der Waals surface area contributed by atoms with Gasteiger partial charge < -0.3 is 4.74 Å². The van der Waals surface area contributed by atoms with Crippen molar-refractivity contribution in [3.05, 3.63) is 76.1 Å². The summed E-state index contributed by atoms with van der Waals surface area (Å²) in [6.45, 7) is 1.89. The summed E-state index contributed by atoms with van der Waals surface area (Å²) in [7, 11) is 0. The zero-order valence-electron chi connectivity index (χ0n) is 14.3. The zero-order chi connectivity index (χ0) is 18.8. The van der Waals surface area contributed by atoms with E-state index in [1.807, 2.05) is 37.3 Å². The fraction of sp³-hybridized carbons (Fsp3) is 0.167. The van der Waals surface area contributed by atoms with Gasteiger partial charge in [0.25, 0.3) is 5.69 Å². The zero-order valence-corrected chi connectivity index (χ0v) is 15.2. The van der Waals surface area contributed by atoms with E-state index in [0.29, 0.717) is 16.7 Å². The SMILES string of the molecule is C[C@@H](Oc1ccccc1)c1nnc2n1N=C(c1ccc([N+](=O)[O-])cc1)CS2. The molecule has 1 aromatic heterocycles. The molecule has 0 saturated heterocycles. The summed E-state index contributed by atoms with van der Waals surface area (Å²) in [5.74, 6) is 1.95. The Morgan fingerprint density at radius 3 is 2.59 bits per heavy atom. The molecule has 27 heavy (non-hydrogen) atoms. The summed E-state index contributed by atoms with van der Waals surface area (Å²) < 4.78 is 7.61. The second-order valence-electron chi connectivity index (χ2n) is 5.87. The van der Waals surface area contributed by atoms with Crippen molar-refractivity contribution < 1.29 is 9.66 Å². The minimum absolute atomic E-state index is 0.0540. The quantitative estimate of drug-likeness (QED) is 0.494. The summed E-state index contributed by atoms with van der Waals surface area (Å²) in [6, 6.07) is 15.9. The van der Waals surface area contributed by atoms with Gasteiger partial charge in [-0.2, -0.15) is 9.78 Å². The third-order valence-electron chi connectivity index (χ3n) is 4.03. The highest BCUT2D eigenvalue weighted by Crippen LogP contribution is 2.28. The first-order valence-corrected chi connectivity index (χ1v) is 9.23. The normalized spacial score (nSPS) is 14.2. The first-order chi connectivity index (χ1) is 13.1. The molecule has 0 fully saturated rings. The van der Waals surface area contributed by atoms with E-state index in [2.05, 4.69) is 15.3 Å². The van der Waals surface area contributed by atoms with Crippen LogP contribution in [0.15, 0.2) is 64.9 Å². The van der Waals surface area contributed by atoms with Gasteiger partial charge in [0.05, 0.1) is 10.6 Å². The number of non-ortho nitro benzene ring substituents is 1. The number of ether oxygens (including phenoxy) is 1. The van der Waals surface area contributed by atoms with Gasteiger partial charge in [0.15, 0.2) is 11.9 Å². The van der Waals surface area contributed by atoms with Crippen LogP contribution >= 0.6 is 11.8 Å². The van der Waals surface area contributed by atoms with E-state index in [0.717, 1.165) is 17.0 Å². The topological polar surface area (TPSA) is 95.4 Å². The third-order valence-corrected chi connectivity index (χ3v) is 4.96. The molecule has 4 rings (SSSR count). The average Bonchev–Trinajstić information content (AvgIpc) is 3.12. The fourth-order valence-electron chi connectivity index (χ4n) is 2.67. The maximum Gasteiger partial charge on any atom is 0.269 e. The minimum atomic E-state index is -0.417. The lowest BCUT2D eigenvalue weighted by molar-refractivity contribution is -0.384. The Morgan fingerprint density at radius 2 is 1.89 bits per heavy atom. The molecule has 0 unspecified atom stereocenters. The molecule has 2 aromatic carbocycles. The van der Waals surface area contributed by atoms with Crippen molar-refractivity contribution in [2.45, 2.75) is 18.2 Å². The van der Waals surface area contributed by atoms with Crippen LogP contribution in [0.3, 0.4) is 0 Å². The molecular formula is C18H15N5O3S. The molecule has 1 aliphatic rings. The minimum Gasteiger partial charge on any atom is -0.483 e. The summed E-state index contributed by atoms with van der Waals surface area (Å²) >= 11 is 1.52. The Bertz CT molecular complexity index is 1000. The van der Waals surface area contributed by atoms with Crippen LogP contribution in [0, 0.1) is 10.1 Å². The molecule has 0 amide bonds. The number of fused-ring (bicyclic) bond motifs is 1. The van der Waals surface area contributed by atoms with Gasteiger partial charge in [-0.3, -0.25) is 10.1 Å². The second kappa shape index (κ2) is 7.20.